The Hall–Kier alpha value is -1.28. The van der Waals surface area contributed by atoms with Gasteiger partial charge < -0.3 is 4.98 Å². The molecule has 0 amide bonds. The van der Waals surface area contributed by atoms with Gasteiger partial charge in [-0.3, -0.25) is 0 Å². The number of nitrogens with zero attached hydrogens (tertiary/aromatic N) is 1. The molecule has 2 nitrogen and oxygen atoms in total. The fraction of sp³-hybridized carbons (Fsp3) is 0.308. The first-order valence-corrected chi connectivity index (χ1v) is 5.98. The lowest BCUT2D eigenvalue weighted by molar-refractivity contribution is 0.762. The van der Waals surface area contributed by atoms with Crippen LogP contribution in [0.25, 0.3) is 6.08 Å². The summed E-state index contributed by atoms with van der Waals surface area (Å²) in [5, 5.41) is 0.562. The second-order valence-electron chi connectivity index (χ2n) is 3.85. The maximum atomic E-state index is 6.07. The van der Waals surface area contributed by atoms with Crippen LogP contribution in [0.5, 0.6) is 0 Å². The first-order valence-electron chi connectivity index (χ1n) is 5.60. The molecule has 0 spiro atoms. The molecular weight excluding hydrogens is 220 g/mol. The highest BCUT2D eigenvalue weighted by atomic mass is 35.5. The van der Waals surface area contributed by atoms with Gasteiger partial charge in [0.15, 0.2) is 5.15 Å². The van der Waals surface area contributed by atoms with Gasteiger partial charge in [-0.2, -0.15) is 0 Å². The number of aromatic nitrogens is 2. The van der Waals surface area contributed by atoms with Crippen molar-refractivity contribution in [3.63, 3.8) is 0 Å². The molecule has 0 aromatic carbocycles. The highest BCUT2D eigenvalue weighted by Crippen LogP contribution is 2.19. The van der Waals surface area contributed by atoms with E-state index in [2.05, 4.69) is 16.9 Å². The zero-order valence-corrected chi connectivity index (χ0v) is 10.1. The van der Waals surface area contributed by atoms with E-state index in [-0.39, 0.29) is 0 Å². The first-order chi connectivity index (χ1) is 7.79. The SMILES string of the molecule is CCCCc1nc(Cl)c(C=C2C=CC=C2)[nH]1. The number of unbranched alkanes of at least 4 members (excludes halogenated alkanes) is 1. The van der Waals surface area contributed by atoms with Crippen LogP contribution in [0.15, 0.2) is 29.9 Å². The molecule has 1 heterocycles. The average molecular weight is 235 g/mol. The second kappa shape index (κ2) is 5.17. The summed E-state index contributed by atoms with van der Waals surface area (Å²) >= 11 is 6.07. The topological polar surface area (TPSA) is 28.7 Å². The molecule has 0 saturated carbocycles. The lowest BCUT2D eigenvalue weighted by Gasteiger charge is -1.92. The Morgan fingerprint density at radius 1 is 1.38 bits per heavy atom. The quantitative estimate of drug-likeness (QED) is 0.841. The third-order valence-corrected chi connectivity index (χ3v) is 2.79. The van der Waals surface area contributed by atoms with Gasteiger partial charge >= 0.3 is 0 Å². The van der Waals surface area contributed by atoms with E-state index >= 15 is 0 Å². The van der Waals surface area contributed by atoms with Gasteiger partial charge in [0.2, 0.25) is 0 Å². The maximum absolute atomic E-state index is 6.07. The molecule has 0 unspecified atom stereocenters. The first kappa shape index (κ1) is 11.2. The Kier molecular flexibility index (Phi) is 3.62. The van der Waals surface area contributed by atoms with Crippen molar-refractivity contribution < 1.29 is 0 Å². The molecule has 16 heavy (non-hydrogen) atoms. The Labute approximate surface area is 101 Å². The Morgan fingerprint density at radius 3 is 2.81 bits per heavy atom. The fourth-order valence-corrected chi connectivity index (χ4v) is 1.83. The number of rotatable bonds is 4. The molecule has 0 aliphatic heterocycles. The third kappa shape index (κ3) is 2.64. The highest BCUT2D eigenvalue weighted by Gasteiger charge is 2.06. The van der Waals surface area contributed by atoms with E-state index in [1.807, 2.05) is 30.4 Å². The van der Waals surface area contributed by atoms with Gasteiger partial charge in [0, 0.05) is 6.42 Å². The normalized spacial score (nSPS) is 13.8. The largest absolute Gasteiger partial charge is 0.341 e. The van der Waals surface area contributed by atoms with Crippen molar-refractivity contribution in [1.29, 1.82) is 0 Å². The molecule has 0 fully saturated rings. The van der Waals surface area contributed by atoms with Crippen molar-refractivity contribution in [2.45, 2.75) is 26.2 Å². The van der Waals surface area contributed by atoms with Crippen LogP contribution in [0, 0.1) is 0 Å². The molecular formula is C13H15ClN2. The molecule has 1 N–H and O–H groups in total. The summed E-state index contributed by atoms with van der Waals surface area (Å²) in [6, 6.07) is 0. The number of hydrogen-bond donors (Lipinski definition) is 1. The second-order valence-corrected chi connectivity index (χ2v) is 4.21. The molecule has 0 radical (unpaired) electrons. The molecule has 3 heteroatoms. The molecule has 0 atom stereocenters. The predicted octanol–water partition coefficient (Wildman–Crippen LogP) is 3.92. The van der Waals surface area contributed by atoms with E-state index < -0.39 is 0 Å². The maximum Gasteiger partial charge on any atom is 0.154 e. The van der Waals surface area contributed by atoms with Gasteiger partial charge in [0.05, 0.1) is 5.69 Å². The summed E-state index contributed by atoms with van der Waals surface area (Å²) in [5.41, 5.74) is 2.05. The van der Waals surface area contributed by atoms with Gasteiger partial charge in [-0.25, -0.2) is 4.98 Å². The van der Waals surface area contributed by atoms with Crippen LogP contribution in [-0.4, -0.2) is 9.97 Å². The smallest absolute Gasteiger partial charge is 0.154 e. The number of halogens is 1. The molecule has 0 bridgehead atoms. The molecule has 1 aromatic heterocycles. The Balaban J connectivity index is 2.15. The number of allylic oxidation sites excluding steroid dienone is 5. The number of aryl methyl sites for hydroxylation is 1. The fourth-order valence-electron chi connectivity index (χ4n) is 1.62. The van der Waals surface area contributed by atoms with E-state index in [0.717, 1.165) is 29.9 Å². The predicted molar refractivity (Wildman–Crippen MR) is 68.5 cm³/mol. The molecule has 0 saturated heterocycles. The highest BCUT2D eigenvalue weighted by molar-refractivity contribution is 6.30. The van der Waals surface area contributed by atoms with Crippen molar-refractivity contribution in [1.82, 2.24) is 9.97 Å². The monoisotopic (exact) mass is 234 g/mol. The van der Waals surface area contributed by atoms with Gasteiger partial charge in [-0.1, -0.05) is 49.2 Å². The standard InChI is InChI=1S/C13H15ClN2/c1-2-3-8-12-15-11(13(14)16-12)9-10-6-4-5-7-10/h4-7,9H,2-3,8H2,1H3,(H,15,16). The van der Waals surface area contributed by atoms with Gasteiger partial charge in [0.1, 0.15) is 5.82 Å². The van der Waals surface area contributed by atoms with Crippen LogP contribution < -0.4 is 0 Å². The molecule has 84 valence electrons. The van der Waals surface area contributed by atoms with Crippen LogP contribution in [0.1, 0.15) is 31.3 Å². The van der Waals surface area contributed by atoms with Gasteiger partial charge in [0.25, 0.3) is 0 Å². The molecule has 2 rings (SSSR count). The van der Waals surface area contributed by atoms with Crippen molar-refractivity contribution >= 4 is 17.7 Å². The number of nitrogens with one attached hydrogen (secondary N) is 1. The third-order valence-electron chi connectivity index (χ3n) is 2.50. The minimum Gasteiger partial charge on any atom is -0.341 e. The minimum atomic E-state index is 0.562. The summed E-state index contributed by atoms with van der Waals surface area (Å²) in [6.07, 6.45) is 13.4. The summed E-state index contributed by atoms with van der Waals surface area (Å²) < 4.78 is 0. The molecule has 1 aromatic rings. The van der Waals surface area contributed by atoms with E-state index in [1.165, 1.54) is 6.42 Å². The van der Waals surface area contributed by atoms with Gasteiger partial charge in [-0.05, 0) is 18.1 Å². The van der Waals surface area contributed by atoms with Crippen LogP contribution in [0.3, 0.4) is 0 Å². The van der Waals surface area contributed by atoms with E-state index in [4.69, 9.17) is 11.6 Å². The summed E-state index contributed by atoms with van der Waals surface area (Å²) in [6.45, 7) is 2.17. The lowest BCUT2D eigenvalue weighted by Crippen LogP contribution is -1.86. The van der Waals surface area contributed by atoms with Crippen molar-refractivity contribution in [2.24, 2.45) is 0 Å². The molecule has 1 aliphatic rings. The number of H-pyrrole nitrogens is 1. The zero-order chi connectivity index (χ0) is 11.4. The Morgan fingerprint density at radius 2 is 2.12 bits per heavy atom. The van der Waals surface area contributed by atoms with Crippen molar-refractivity contribution in [3.05, 3.63) is 46.5 Å². The molecule has 1 aliphatic carbocycles. The van der Waals surface area contributed by atoms with E-state index in [0.29, 0.717) is 5.15 Å². The number of aromatic amines is 1. The van der Waals surface area contributed by atoms with Crippen molar-refractivity contribution in [2.75, 3.05) is 0 Å². The van der Waals surface area contributed by atoms with Gasteiger partial charge in [-0.15, -0.1) is 0 Å². The lowest BCUT2D eigenvalue weighted by atomic mass is 10.2. The summed E-state index contributed by atoms with van der Waals surface area (Å²) in [7, 11) is 0. The van der Waals surface area contributed by atoms with Crippen LogP contribution in [0.2, 0.25) is 5.15 Å². The van der Waals surface area contributed by atoms with Crippen molar-refractivity contribution in [3.8, 4) is 0 Å². The number of hydrogen-bond acceptors (Lipinski definition) is 1. The summed E-state index contributed by atoms with van der Waals surface area (Å²) in [5.74, 6) is 0.977. The van der Waals surface area contributed by atoms with Crippen LogP contribution >= 0.6 is 11.6 Å². The zero-order valence-electron chi connectivity index (χ0n) is 9.33. The van der Waals surface area contributed by atoms with E-state index in [1.54, 1.807) is 0 Å². The average Bonchev–Trinajstić information content (AvgIpc) is 2.87. The van der Waals surface area contributed by atoms with Crippen LogP contribution in [-0.2, 0) is 6.42 Å². The summed E-state index contributed by atoms with van der Waals surface area (Å²) in [4.78, 5) is 7.56. The Bertz CT molecular complexity index is 438. The van der Waals surface area contributed by atoms with Crippen LogP contribution in [0.4, 0.5) is 0 Å². The number of imidazole rings is 1. The van der Waals surface area contributed by atoms with E-state index in [9.17, 15) is 0 Å². The minimum absolute atomic E-state index is 0.562.